The lowest BCUT2D eigenvalue weighted by Crippen LogP contribution is -2.28. The fourth-order valence-corrected chi connectivity index (χ4v) is 3.81. The van der Waals surface area contributed by atoms with Gasteiger partial charge >= 0.3 is 6.18 Å². The van der Waals surface area contributed by atoms with Gasteiger partial charge < -0.3 is 9.64 Å². The van der Waals surface area contributed by atoms with Crippen molar-refractivity contribution < 1.29 is 17.9 Å². The average Bonchev–Trinajstić information content (AvgIpc) is 2.75. The molecule has 0 aromatic carbocycles. The topological polar surface area (TPSA) is 24.8 Å². The third kappa shape index (κ3) is 8.11. The minimum atomic E-state index is -4.18. The van der Waals surface area contributed by atoms with Crippen LogP contribution in [-0.2, 0) is 4.74 Å². The molecule has 1 aliphatic carbocycles. The molecule has 6 heteroatoms. The molecule has 1 aliphatic heterocycles. The number of alkyl halides is 3. The van der Waals surface area contributed by atoms with Crippen LogP contribution >= 0.6 is 0 Å². The second kappa shape index (κ2) is 10.3. The number of ether oxygens (including phenoxy) is 1. The minimum Gasteiger partial charge on any atom is -0.481 e. The molecular weight excluding hydrogens is 341 g/mol. The standard InChI is InChI=1S/C20H33F3N2O/c1-16-8-12-25(13-9-18-6-4-3-5-7-18)14-10-19(16)24-17(2)26-15-11-20(21,22)23/h18H,3-15H2,1-2H3. The van der Waals surface area contributed by atoms with Gasteiger partial charge in [0.25, 0.3) is 0 Å². The van der Waals surface area contributed by atoms with Crippen molar-refractivity contribution in [2.45, 2.75) is 77.8 Å². The van der Waals surface area contributed by atoms with Crippen LogP contribution in [0.4, 0.5) is 13.2 Å². The normalized spacial score (nSPS) is 21.8. The van der Waals surface area contributed by atoms with E-state index in [9.17, 15) is 13.2 Å². The van der Waals surface area contributed by atoms with E-state index in [1.807, 2.05) is 0 Å². The summed E-state index contributed by atoms with van der Waals surface area (Å²) < 4.78 is 41.7. The number of hydrogen-bond acceptors (Lipinski definition) is 3. The molecule has 150 valence electrons. The average molecular weight is 374 g/mol. The van der Waals surface area contributed by atoms with Crippen LogP contribution in [0.2, 0.25) is 0 Å². The molecule has 3 nitrogen and oxygen atoms in total. The molecule has 2 rings (SSSR count). The molecule has 0 amide bonds. The monoisotopic (exact) mass is 374 g/mol. The molecule has 1 heterocycles. The zero-order valence-electron chi connectivity index (χ0n) is 16.2. The van der Waals surface area contributed by atoms with Crippen molar-refractivity contribution >= 4 is 5.90 Å². The Bertz CT molecular complexity index is 494. The van der Waals surface area contributed by atoms with Gasteiger partial charge in [-0.15, -0.1) is 0 Å². The first-order chi connectivity index (χ1) is 12.3. The summed E-state index contributed by atoms with van der Waals surface area (Å²) in [5.41, 5.74) is 2.21. The van der Waals surface area contributed by atoms with Crippen molar-refractivity contribution in [1.82, 2.24) is 4.90 Å². The minimum absolute atomic E-state index is 0.333. The fraction of sp³-hybridized carbons (Fsp3) is 0.850. The van der Waals surface area contributed by atoms with E-state index in [2.05, 4.69) is 16.8 Å². The summed E-state index contributed by atoms with van der Waals surface area (Å²) in [5.74, 6) is 1.22. The van der Waals surface area contributed by atoms with Crippen LogP contribution in [0.5, 0.6) is 0 Å². The molecule has 0 unspecified atom stereocenters. The van der Waals surface area contributed by atoms with Crippen molar-refractivity contribution in [3.8, 4) is 0 Å². The molecule has 0 bridgehead atoms. The van der Waals surface area contributed by atoms with Crippen molar-refractivity contribution in [2.24, 2.45) is 10.9 Å². The molecule has 0 N–H and O–H groups in total. The molecule has 0 saturated heterocycles. The van der Waals surface area contributed by atoms with Crippen LogP contribution in [-0.4, -0.2) is 43.2 Å². The summed E-state index contributed by atoms with van der Waals surface area (Å²) in [5, 5.41) is 0. The Labute approximate surface area is 155 Å². The zero-order valence-corrected chi connectivity index (χ0v) is 16.2. The smallest absolute Gasteiger partial charge is 0.392 e. The molecular formula is C20H33F3N2O. The van der Waals surface area contributed by atoms with Crippen molar-refractivity contribution in [1.29, 1.82) is 0 Å². The number of rotatable bonds is 6. The van der Waals surface area contributed by atoms with E-state index in [4.69, 9.17) is 4.74 Å². The predicted molar refractivity (Wildman–Crippen MR) is 99.3 cm³/mol. The zero-order chi connectivity index (χ0) is 19.0. The number of nitrogens with zero attached hydrogens (tertiary/aromatic N) is 2. The molecule has 0 spiro atoms. The second-order valence-electron chi connectivity index (χ2n) is 7.71. The molecule has 1 saturated carbocycles. The van der Waals surface area contributed by atoms with Crippen LogP contribution in [0.25, 0.3) is 0 Å². The highest BCUT2D eigenvalue weighted by molar-refractivity contribution is 5.74. The van der Waals surface area contributed by atoms with Crippen LogP contribution < -0.4 is 0 Å². The molecule has 0 radical (unpaired) electrons. The number of hydrogen-bond donors (Lipinski definition) is 0. The predicted octanol–water partition coefficient (Wildman–Crippen LogP) is 5.71. The highest BCUT2D eigenvalue weighted by Gasteiger charge is 2.27. The maximum Gasteiger partial charge on any atom is 0.392 e. The van der Waals surface area contributed by atoms with Crippen LogP contribution in [0, 0.1) is 5.92 Å². The van der Waals surface area contributed by atoms with Gasteiger partial charge in [-0.1, -0.05) is 37.7 Å². The Kier molecular flexibility index (Phi) is 8.45. The second-order valence-corrected chi connectivity index (χ2v) is 7.71. The van der Waals surface area contributed by atoms with Gasteiger partial charge in [-0.05, 0) is 32.2 Å². The lowest BCUT2D eigenvalue weighted by molar-refractivity contribution is -0.140. The molecule has 0 aromatic heterocycles. The molecule has 0 aromatic rings. The van der Waals surface area contributed by atoms with Gasteiger partial charge in [0.15, 0.2) is 5.90 Å². The molecule has 0 atom stereocenters. The summed E-state index contributed by atoms with van der Waals surface area (Å²) in [4.78, 5) is 6.98. The van der Waals surface area contributed by atoms with Crippen molar-refractivity contribution in [2.75, 3.05) is 26.2 Å². The maximum atomic E-state index is 12.2. The Balaban J connectivity index is 1.76. The number of aliphatic imine (C=N–C) groups is 1. The summed E-state index contributed by atoms with van der Waals surface area (Å²) in [6, 6.07) is 0. The Morgan fingerprint density at radius 1 is 1.15 bits per heavy atom. The Hall–Kier alpha value is -1.04. The van der Waals surface area contributed by atoms with Gasteiger partial charge in [0.1, 0.15) is 0 Å². The summed E-state index contributed by atoms with van der Waals surface area (Å²) >= 11 is 0. The SMILES string of the molecule is CC(=NC1=C(C)CCN(CCC2CCCCC2)CC1)OCCC(F)(F)F. The van der Waals surface area contributed by atoms with Crippen molar-refractivity contribution in [3.05, 3.63) is 11.3 Å². The fourth-order valence-electron chi connectivity index (χ4n) is 3.81. The van der Waals surface area contributed by atoms with Crippen molar-refractivity contribution in [3.63, 3.8) is 0 Å². The summed E-state index contributed by atoms with van der Waals surface area (Å²) in [7, 11) is 0. The van der Waals surface area contributed by atoms with E-state index in [1.54, 1.807) is 6.92 Å². The highest BCUT2D eigenvalue weighted by atomic mass is 19.4. The molecule has 2 aliphatic rings. The van der Waals surface area contributed by atoms with Gasteiger partial charge in [0.2, 0.25) is 0 Å². The van der Waals surface area contributed by atoms with E-state index >= 15 is 0 Å². The first-order valence-corrected chi connectivity index (χ1v) is 9.99. The first kappa shape index (κ1) is 21.3. The van der Waals surface area contributed by atoms with Gasteiger partial charge in [-0.2, -0.15) is 13.2 Å². The van der Waals surface area contributed by atoms with Crippen LogP contribution in [0.15, 0.2) is 16.3 Å². The van der Waals surface area contributed by atoms with Gasteiger partial charge in [0, 0.05) is 32.1 Å². The summed E-state index contributed by atoms with van der Waals surface area (Å²) in [6.45, 7) is 6.52. The Morgan fingerprint density at radius 2 is 1.85 bits per heavy atom. The van der Waals surface area contributed by atoms with Crippen LogP contribution in [0.1, 0.15) is 71.6 Å². The largest absolute Gasteiger partial charge is 0.481 e. The van der Waals surface area contributed by atoms with Gasteiger partial charge in [-0.25, -0.2) is 4.99 Å². The molecule has 1 fully saturated rings. The van der Waals surface area contributed by atoms with E-state index in [-0.39, 0.29) is 6.61 Å². The van der Waals surface area contributed by atoms with E-state index in [1.165, 1.54) is 44.1 Å². The Morgan fingerprint density at radius 3 is 2.54 bits per heavy atom. The third-order valence-corrected chi connectivity index (χ3v) is 5.53. The van der Waals surface area contributed by atoms with E-state index in [0.717, 1.165) is 44.1 Å². The summed E-state index contributed by atoms with van der Waals surface area (Å²) in [6.07, 6.45) is 4.92. The van der Waals surface area contributed by atoms with Gasteiger partial charge in [-0.3, -0.25) is 0 Å². The lowest BCUT2D eigenvalue weighted by Gasteiger charge is -2.26. The first-order valence-electron chi connectivity index (χ1n) is 9.99. The van der Waals surface area contributed by atoms with E-state index in [0.29, 0.717) is 5.90 Å². The maximum absolute atomic E-state index is 12.2. The lowest BCUT2D eigenvalue weighted by atomic mass is 9.87. The molecule has 26 heavy (non-hydrogen) atoms. The number of halogens is 3. The quantitative estimate of drug-likeness (QED) is 0.439. The highest BCUT2D eigenvalue weighted by Crippen LogP contribution is 2.27. The third-order valence-electron chi connectivity index (χ3n) is 5.53. The van der Waals surface area contributed by atoms with E-state index < -0.39 is 12.6 Å². The van der Waals surface area contributed by atoms with Crippen LogP contribution in [0.3, 0.4) is 0 Å². The van der Waals surface area contributed by atoms with Gasteiger partial charge in [0.05, 0.1) is 13.0 Å².